The maximum absolute atomic E-state index is 12.8. The average molecular weight is 448 g/mol. The predicted molar refractivity (Wildman–Crippen MR) is 116 cm³/mol. The van der Waals surface area contributed by atoms with Crippen molar-refractivity contribution in [3.05, 3.63) is 58.3 Å². The number of sulfonamides is 1. The van der Waals surface area contributed by atoms with Gasteiger partial charge >= 0.3 is 5.82 Å². The molecule has 10 nitrogen and oxygen atoms in total. The van der Waals surface area contributed by atoms with Crippen LogP contribution in [0.25, 0.3) is 0 Å². The van der Waals surface area contributed by atoms with Crippen LogP contribution in [0.2, 0.25) is 0 Å². The largest absolute Gasteiger partial charge is 0.365 e. The number of hydrogen-bond donors (Lipinski definition) is 0. The van der Waals surface area contributed by atoms with E-state index in [-0.39, 0.29) is 16.6 Å². The van der Waals surface area contributed by atoms with E-state index in [0.29, 0.717) is 44.8 Å². The Morgan fingerprint density at radius 1 is 1.06 bits per heavy atom. The molecule has 0 saturated carbocycles. The number of benzene rings is 1. The van der Waals surface area contributed by atoms with Crippen molar-refractivity contribution in [3.63, 3.8) is 0 Å². The Morgan fingerprint density at radius 3 is 2.16 bits per heavy atom. The highest BCUT2D eigenvalue weighted by atomic mass is 32.2. The predicted octanol–water partition coefficient (Wildman–Crippen LogP) is 1.98. The highest BCUT2D eigenvalue weighted by Crippen LogP contribution is 2.20. The molecule has 1 aliphatic rings. The topological polar surface area (TPSA) is 117 Å². The molecule has 3 rings (SSSR count). The van der Waals surface area contributed by atoms with Crippen LogP contribution in [0.4, 0.5) is 11.5 Å². The van der Waals surface area contributed by atoms with Crippen LogP contribution < -0.4 is 4.90 Å². The van der Waals surface area contributed by atoms with Crippen molar-refractivity contribution in [3.8, 4) is 0 Å². The SMILES string of the molecule is CCN(CC)S(=O)(=O)c1ccc(C(=O)N2CCN(c3ccc([N+](=O)[O-])nc3)CC2)cc1. The molecule has 0 unspecified atom stereocenters. The molecule has 166 valence electrons. The molecular formula is C20H25N5O5S. The number of hydrogen-bond acceptors (Lipinski definition) is 7. The number of carbonyl (C=O) groups excluding carboxylic acids is 1. The average Bonchev–Trinajstić information content (AvgIpc) is 2.79. The van der Waals surface area contributed by atoms with Gasteiger partial charge in [0.1, 0.15) is 0 Å². The molecule has 2 aromatic rings. The van der Waals surface area contributed by atoms with Gasteiger partial charge in [-0.15, -0.1) is 0 Å². The van der Waals surface area contributed by atoms with Gasteiger partial charge in [-0.3, -0.25) is 4.79 Å². The minimum atomic E-state index is -3.56. The van der Waals surface area contributed by atoms with E-state index in [1.165, 1.54) is 28.7 Å². The molecule has 11 heteroatoms. The van der Waals surface area contributed by atoms with E-state index in [2.05, 4.69) is 4.98 Å². The second kappa shape index (κ2) is 9.40. The smallest absolute Gasteiger partial charge is 0.363 e. The van der Waals surface area contributed by atoms with Crippen LogP contribution in [0, 0.1) is 10.1 Å². The van der Waals surface area contributed by atoms with Gasteiger partial charge < -0.3 is 19.9 Å². The first-order valence-corrected chi connectivity index (χ1v) is 11.5. The van der Waals surface area contributed by atoms with Crippen molar-refractivity contribution in [2.45, 2.75) is 18.7 Å². The van der Waals surface area contributed by atoms with Gasteiger partial charge in [0.2, 0.25) is 10.0 Å². The zero-order valence-corrected chi connectivity index (χ0v) is 18.3. The summed E-state index contributed by atoms with van der Waals surface area (Å²) in [6.45, 7) is 6.43. The van der Waals surface area contributed by atoms with Gasteiger partial charge in [-0.1, -0.05) is 13.8 Å². The number of pyridine rings is 1. The first kappa shape index (κ1) is 22.6. The van der Waals surface area contributed by atoms with Crippen molar-refractivity contribution in [2.24, 2.45) is 0 Å². The summed E-state index contributed by atoms with van der Waals surface area (Å²) in [6.07, 6.45) is 1.46. The zero-order chi connectivity index (χ0) is 22.6. The van der Waals surface area contributed by atoms with Crippen LogP contribution in [0.5, 0.6) is 0 Å². The van der Waals surface area contributed by atoms with E-state index in [9.17, 15) is 23.3 Å². The number of rotatable bonds is 7. The minimum Gasteiger partial charge on any atom is -0.365 e. The van der Waals surface area contributed by atoms with Crippen LogP contribution in [-0.4, -0.2) is 72.7 Å². The lowest BCUT2D eigenvalue weighted by Crippen LogP contribution is -2.48. The Balaban J connectivity index is 1.63. The molecule has 31 heavy (non-hydrogen) atoms. The molecule has 1 amide bonds. The summed E-state index contributed by atoms with van der Waals surface area (Å²) in [6, 6.07) is 9.05. The van der Waals surface area contributed by atoms with Crippen LogP contribution >= 0.6 is 0 Å². The third kappa shape index (κ3) is 4.83. The van der Waals surface area contributed by atoms with Crippen LogP contribution in [0.15, 0.2) is 47.5 Å². The van der Waals surface area contributed by atoms with E-state index in [4.69, 9.17) is 0 Å². The second-order valence-electron chi connectivity index (χ2n) is 7.02. The van der Waals surface area contributed by atoms with E-state index in [0.717, 1.165) is 5.69 Å². The summed E-state index contributed by atoms with van der Waals surface area (Å²) in [5.74, 6) is -0.364. The first-order chi connectivity index (χ1) is 14.8. The van der Waals surface area contributed by atoms with Crippen LogP contribution in [0.3, 0.4) is 0 Å². The van der Waals surface area contributed by atoms with Gasteiger partial charge in [0.25, 0.3) is 5.91 Å². The Morgan fingerprint density at radius 2 is 1.68 bits per heavy atom. The molecule has 1 fully saturated rings. The van der Waals surface area contributed by atoms with Gasteiger partial charge in [0.15, 0.2) is 6.20 Å². The van der Waals surface area contributed by atoms with E-state index >= 15 is 0 Å². The molecule has 1 aromatic heterocycles. The zero-order valence-electron chi connectivity index (χ0n) is 17.5. The highest BCUT2D eigenvalue weighted by Gasteiger charge is 2.25. The number of carbonyl (C=O) groups is 1. The normalized spacial score (nSPS) is 14.7. The minimum absolute atomic E-state index is 0.159. The second-order valence-corrected chi connectivity index (χ2v) is 8.96. The van der Waals surface area contributed by atoms with Crippen LogP contribution in [-0.2, 0) is 10.0 Å². The van der Waals surface area contributed by atoms with Gasteiger partial charge in [-0.2, -0.15) is 4.31 Å². The molecule has 0 atom stereocenters. The van der Waals surface area contributed by atoms with Crippen molar-refractivity contribution in [2.75, 3.05) is 44.2 Å². The van der Waals surface area contributed by atoms with E-state index in [1.807, 2.05) is 4.90 Å². The molecule has 0 spiro atoms. The molecule has 1 aromatic carbocycles. The van der Waals surface area contributed by atoms with Crippen LogP contribution in [0.1, 0.15) is 24.2 Å². The Bertz CT molecular complexity index is 1030. The van der Waals surface area contributed by atoms with Gasteiger partial charge in [0, 0.05) is 50.9 Å². The number of amides is 1. The monoisotopic (exact) mass is 447 g/mol. The fourth-order valence-electron chi connectivity index (χ4n) is 3.51. The first-order valence-electron chi connectivity index (χ1n) is 10.0. The molecule has 0 aliphatic carbocycles. The molecule has 1 saturated heterocycles. The summed E-state index contributed by atoms with van der Waals surface area (Å²) in [7, 11) is -3.56. The molecule has 2 heterocycles. The number of nitro groups is 1. The third-order valence-electron chi connectivity index (χ3n) is 5.30. The lowest BCUT2D eigenvalue weighted by Gasteiger charge is -2.35. The fourth-order valence-corrected chi connectivity index (χ4v) is 4.96. The summed E-state index contributed by atoms with van der Waals surface area (Å²) in [5.41, 5.74) is 1.20. The Labute approximate surface area is 181 Å². The molecular weight excluding hydrogens is 422 g/mol. The Kier molecular flexibility index (Phi) is 6.86. The quantitative estimate of drug-likeness (QED) is 0.470. The number of aromatic nitrogens is 1. The third-order valence-corrected chi connectivity index (χ3v) is 7.36. The summed E-state index contributed by atoms with van der Waals surface area (Å²) in [5, 5.41) is 10.7. The summed E-state index contributed by atoms with van der Waals surface area (Å²) < 4.78 is 26.5. The molecule has 0 bridgehead atoms. The van der Waals surface area contributed by atoms with Crippen molar-refractivity contribution >= 4 is 27.4 Å². The van der Waals surface area contributed by atoms with Gasteiger partial charge in [-0.05, 0) is 40.2 Å². The lowest BCUT2D eigenvalue weighted by molar-refractivity contribution is -0.389. The molecule has 1 aliphatic heterocycles. The van der Waals surface area contributed by atoms with Crippen molar-refractivity contribution < 1.29 is 18.1 Å². The maximum Gasteiger partial charge on any atom is 0.363 e. The highest BCUT2D eigenvalue weighted by molar-refractivity contribution is 7.89. The number of anilines is 1. The number of piperazine rings is 1. The Hall–Kier alpha value is -3.05. The maximum atomic E-state index is 12.8. The van der Waals surface area contributed by atoms with E-state index in [1.54, 1.807) is 36.9 Å². The number of nitrogens with zero attached hydrogens (tertiary/aromatic N) is 5. The fraction of sp³-hybridized carbons (Fsp3) is 0.400. The molecule has 0 N–H and O–H groups in total. The van der Waals surface area contributed by atoms with Gasteiger partial charge in [-0.25, -0.2) is 8.42 Å². The van der Waals surface area contributed by atoms with Crippen molar-refractivity contribution in [1.82, 2.24) is 14.2 Å². The van der Waals surface area contributed by atoms with Gasteiger partial charge in [0.05, 0.1) is 10.6 Å². The van der Waals surface area contributed by atoms with E-state index < -0.39 is 14.9 Å². The lowest BCUT2D eigenvalue weighted by atomic mass is 10.2. The molecule has 0 radical (unpaired) electrons. The summed E-state index contributed by atoms with van der Waals surface area (Å²) in [4.78, 5) is 30.7. The van der Waals surface area contributed by atoms with Crippen molar-refractivity contribution in [1.29, 1.82) is 0 Å². The summed E-state index contributed by atoms with van der Waals surface area (Å²) >= 11 is 0. The standard InChI is InChI=1S/C20H25N5O5S/c1-3-24(4-2)31(29,30)18-8-5-16(6-9-18)20(26)23-13-11-22(12-14-23)17-7-10-19(21-15-17)25(27)28/h5-10,15H,3-4,11-14H2,1-2H3.